The Bertz CT molecular complexity index is 958. The molecule has 0 radical (unpaired) electrons. The number of hydrogen-bond donors (Lipinski definition) is 0. The molecule has 2 heterocycles. The number of aromatic nitrogens is 2. The molecule has 0 fully saturated rings. The van der Waals surface area contributed by atoms with Crippen molar-refractivity contribution in [1.29, 1.82) is 0 Å². The van der Waals surface area contributed by atoms with Gasteiger partial charge in [-0.25, -0.2) is 22.2 Å². The van der Waals surface area contributed by atoms with Crippen molar-refractivity contribution in [2.45, 2.75) is 30.8 Å². The molecule has 12 heteroatoms. The predicted molar refractivity (Wildman–Crippen MR) is 91.3 cm³/mol. The minimum Gasteiger partial charge on any atom is -0.486 e. The molecular weight excluding hydrogens is 431 g/mol. The van der Waals surface area contributed by atoms with Gasteiger partial charge >= 0.3 is 6.18 Å². The van der Waals surface area contributed by atoms with Crippen LogP contribution in [-0.4, -0.2) is 36.7 Å². The second kappa shape index (κ2) is 7.78. The van der Waals surface area contributed by atoms with Crippen LogP contribution in [0.1, 0.15) is 19.4 Å². The van der Waals surface area contributed by atoms with E-state index in [9.17, 15) is 30.4 Å². The van der Waals surface area contributed by atoms with E-state index in [2.05, 4.69) is 9.97 Å². The van der Waals surface area contributed by atoms with E-state index in [-0.39, 0.29) is 17.1 Å². The first kappa shape index (κ1) is 22.3. The third kappa shape index (κ3) is 5.28. The monoisotopic (exact) mass is 444 g/mol. The lowest BCUT2D eigenvalue weighted by molar-refractivity contribution is -0.137. The minimum absolute atomic E-state index is 0.0387. The molecule has 0 spiro atoms. The fourth-order valence-corrected chi connectivity index (χ4v) is 3.36. The molecule has 0 aliphatic carbocycles. The van der Waals surface area contributed by atoms with E-state index in [1.165, 1.54) is 19.1 Å². The number of nitrogens with zero attached hydrogens (tertiary/aromatic N) is 2. The summed E-state index contributed by atoms with van der Waals surface area (Å²) in [5.41, 5.74) is -1.89. The normalized spacial score (nSPS) is 12.9. The SMILES string of the molecule is CCS(=O)(=O)c1cc(C(F)(F)F)c(Cl)nc1-c1ccc(OCC(C)(F)F)cn1. The zero-order valence-corrected chi connectivity index (χ0v) is 16.1. The molecule has 0 aromatic carbocycles. The number of rotatable bonds is 6. The topological polar surface area (TPSA) is 69.2 Å². The van der Waals surface area contributed by atoms with Gasteiger partial charge < -0.3 is 4.74 Å². The Morgan fingerprint density at radius 2 is 1.82 bits per heavy atom. The molecule has 2 aromatic heterocycles. The standard InChI is InChI=1S/C16H14ClF5N2O3S/c1-3-28(25,26)12-6-10(16(20,21)22)14(17)24-13(12)11-5-4-9(7-23-11)27-8-15(2,18)19/h4-7H,3,8H2,1-2H3. The summed E-state index contributed by atoms with van der Waals surface area (Å²) in [5.74, 6) is -3.60. The average molecular weight is 445 g/mol. The Morgan fingerprint density at radius 1 is 1.18 bits per heavy atom. The molecule has 0 saturated carbocycles. The lowest BCUT2D eigenvalue weighted by atomic mass is 10.2. The fourth-order valence-electron chi connectivity index (χ4n) is 2.06. The van der Waals surface area contributed by atoms with Gasteiger partial charge in [-0.05, 0) is 18.2 Å². The van der Waals surface area contributed by atoms with Crippen molar-refractivity contribution >= 4 is 21.4 Å². The summed E-state index contributed by atoms with van der Waals surface area (Å²) in [6.45, 7) is 1.01. The van der Waals surface area contributed by atoms with E-state index in [1.807, 2.05) is 0 Å². The van der Waals surface area contributed by atoms with Crippen molar-refractivity contribution in [1.82, 2.24) is 9.97 Å². The Balaban J connectivity index is 2.54. The molecule has 0 N–H and O–H groups in total. The summed E-state index contributed by atoms with van der Waals surface area (Å²) in [5, 5.41) is -0.940. The van der Waals surface area contributed by atoms with E-state index < -0.39 is 49.9 Å². The predicted octanol–water partition coefficient (Wildman–Crippen LogP) is 4.64. The highest BCUT2D eigenvalue weighted by atomic mass is 35.5. The summed E-state index contributed by atoms with van der Waals surface area (Å²) in [7, 11) is -4.11. The van der Waals surface area contributed by atoms with E-state index in [0.717, 1.165) is 6.20 Å². The van der Waals surface area contributed by atoms with Crippen molar-refractivity contribution in [3.63, 3.8) is 0 Å². The van der Waals surface area contributed by atoms with Crippen molar-refractivity contribution in [2.24, 2.45) is 0 Å². The largest absolute Gasteiger partial charge is 0.486 e. The molecular formula is C16H14ClF5N2O3S. The van der Waals surface area contributed by atoms with Gasteiger partial charge in [0.05, 0.1) is 28.1 Å². The maximum atomic E-state index is 13.1. The highest BCUT2D eigenvalue weighted by molar-refractivity contribution is 7.91. The van der Waals surface area contributed by atoms with Crippen LogP contribution in [0.2, 0.25) is 5.15 Å². The fraction of sp³-hybridized carbons (Fsp3) is 0.375. The van der Waals surface area contributed by atoms with Gasteiger partial charge in [0.1, 0.15) is 16.6 Å². The van der Waals surface area contributed by atoms with Gasteiger partial charge in [0.2, 0.25) is 0 Å². The van der Waals surface area contributed by atoms with Gasteiger partial charge in [-0.2, -0.15) is 13.2 Å². The number of halogens is 6. The molecule has 0 unspecified atom stereocenters. The van der Waals surface area contributed by atoms with Crippen LogP contribution in [0.15, 0.2) is 29.3 Å². The van der Waals surface area contributed by atoms with Crippen LogP contribution in [0.4, 0.5) is 22.0 Å². The van der Waals surface area contributed by atoms with Crippen molar-refractivity contribution in [3.8, 4) is 17.1 Å². The molecule has 0 aliphatic heterocycles. The van der Waals surface area contributed by atoms with Gasteiger partial charge in [0.25, 0.3) is 5.92 Å². The zero-order chi connectivity index (χ0) is 21.3. The second-order valence-electron chi connectivity index (χ2n) is 5.81. The lowest BCUT2D eigenvalue weighted by Gasteiger charge is -2.15. The molecule has 5 nitrogen and oxygen atoms in total. The molecule has 2 aromatic rings. The van der Waals surface area contributed by atoms with E-state index in [1.54, 1.807) is 0 Å². The third-order valence-electron chi connectivity index (χ3n) is 3.43. The van der Waals surface area contributed by atoms with Gasteiger partial charge in [0, 0.05) is 6.92 Å². The maximum absolute atomic E-state index is 13.1. The molecule has 154 valence electrons. The molecule has 0 atom stereocenters. The van der Waals surface area contributed by atoms with Gasteiger partial charge in [-0.3, -0.25) is 4.98 Å². The lowest BCUT2D eigenvalue weighted by Crippen LogP contribution is -2.20. The van der Waals surface area contributed by atoms with Crippen LogP contribution < -0.4 is 4.74 Å². The smallest absolute Gasteiger partial charge is 0.419 e. The summed E-state index contributed by atoms with van der Waals surface area (Å²) < 4.78 is 94.3. The van der Waals surface area contributed by atoms with Crippen molar-refractivity contribution < 1.29 is 35.1 Å². The molecule has 0 aliphatic rings. The van der Waals surface area contributed by atoms with E-state index in [4.69, 9.17) is 16.3 Å². The van der Waals surface area contributed by atoms with E-state index in [0.29, 0.717) is 13.0 Å². The van der Waals surface area contributed by atoms with Gasteiger partial charge in [-0.15, -0.1) is 0 Å². The van der Waals surface area contributed by atoms with Crippen LogP contribution >= 0.6 is 11.6 Å². The summed E-state index contributed by atoms with van der Waals surface area (Å²) >= 11 is 5.60. The molecule has 28 heavy (non-hydrogen) atoms. The van der Waals surface area contributed by atoms with Crippen molar-refractivity contribution in [2.75, 3.05) is 12.4 Å². The molecule has 0 amide bonds. The highest BCUT2D eigenvalue weighted by Crippen LogP contribution is 2.38. The Kier molecular flexibility index (Phi) is 6.19. The first-order valence-electron chi connectivity index (χ1n) is 7.72. The highest BCUT2D eigenvalue weighted by Gasteiger charge is 2.37. The number of pyridine rings is 2. The minimum atomic E-state index is -4.91. The molecule has 0 bridgehead atoms. The first-order chi connectivity index (χ1) is 12.7. The molecule has 2 rings (SSSR count). The Labute approximate surface area is 162 Å². The van der Waals surface area contributed by atoms with Gasteiger partial charge in [-0.1, -0.05) is 18.5 Å². The third-order valence-corrected chi connectivity index (χ3v) is 5.46. The van der Waals surface area contributed by atoms with Crippen LogP contribution in [0.3, 0.4) is 0 Å². The number of ether oxygens (including phenoxy) is 1. The Hall–Kier alpha value is -2.01. The van der Waals surface area contributed by atoms with E-state index >= 15 is 0 Å². The average Bonchev–Trinajstić information content (AvgIpc) is 2.58. The first-order valence-corrected chi connectivity index (χ1v) is 9.75. The molecule has 0 saturated heterocycles. The van der Waals surface area contributed by atoms with Crippen LogP contribution in [0.25, 0.3) is 11.4 Å². The zero-order valence-electron chi connectivity index (χ0n) is 14.5. The maximum Gasteiger partial charge on any atom is 0.419 e. The Morgan fingerprint density at radius 3 is 2.29 bits per heavy atom. The van der Waals surface area contributed by atoms with Crippen LogP contribution in [-0.2, 0) is 16.0 Å². The second-order valence-corrected chi connectivity index (χ2v) is 8.42. The quantitative estimate of drug-likeness (QED) is 0.479. The summed E-state index contributed by atoms with van der Waals surface area (Å²) in [6, 6.07) is 2.81. The number of hydrogen-bond acceptors (Lipinski definition) is 5. The van der Waals surface area contributed by atoms with Crippen LogP contribution in [0.5, 0.6) is 5.75 Å². The van der Waals surface area contributed by atoms with Gasteiger partial charge in [0.15, 0.2) is 16.4 Å². The number of sulfone groups is 1. The van der Waals surface area contributed by atoms with Crippen LogP contribution in [0, 0.1) is 0 Å². The summed E-state index contributed by atoms with van der Waals surface area (Å²) in [4.78, 5) is 6.75. The summed E-state index contributed by atoms with van der Waals surface area (Å²) in [6.07, 6.45) is -3.88. The van der Waals surface area contributed by atoms with Crippen molar-refractivity contribution in [3.05, 3.63) is 35.1 Å². The number of alkyl halides is 5.